The summed E-state index contributed by atoms with van der Waals surface area (Å²) >= 11 is 1.53. The molecule has 1 aromatic heterocycles. The smallest absolute Gasteiger partial charge is 0.244 e. The molecule has 0 radical (unpaired) electrons. The Morgan fingerprint density at radius 1 is 1.37 bits per heavy atom. The van der Waals surface area contributed by atoms with Crippen molar-refractivity contribution in [3.05, 3.63) is 16.0 Å². The first-order valence-electron chi connectivity index (χ1n) is 6.58. The molecule has 19 heavy (non-hydrogen) atoms. The van der Waals surface area contributed by atoms with Crippen LogP contribution in [0.5, 0.6) is 0 Å². The molecule has 0 bridgehead atoms. The summed E-state index contributed by atoms with van der Waals surface area (Å²) in [6, 6.07) is 2.24. The Bertz CT molecular complexity index is 534. The maximum absolute atomic E-state index is 11.9. The molecule has 0 fully saturated rings. The van der Waals surface area contributed by atoms with Crippen LogP contribution in [0.4, 0.5) is 5.00 Å². The lowest BCUT2D eigenvalue weighted by Gasteiger charge is -2.17. The SMILES string of the molecule is CC(C)(N)C(=O)Nc1sc2c(c1C#N)CCCCC2. The maximum atomic E-state index is 11.9. The lowest BCUT2D eigenvalue weighted by molar-refractivity contribution is -0.120. The molecule has 0 atom stereocenters. The maximum Gasteiger partial charge on any atom is 0.244 e. The highest BCUT2D eigenvalue weighted by atomic mass is 32.1. The van der Waals surface area contributed by atoms with Crippen molar-refractivity contribution in [1.29, 1.82) is 5.26 Å². The van der Waals surface area contributed by atoms with E-state index in [4.69, 9.17) is 5.73 Å². The second-order valence-electron chi connectivity index (χ2n) is 5.56. The number of hydrogen-bond acceptors (Lipinski definition) is 4. The average molecular weight is 277 g/mol. The van der Waals surface area contributed by atoms with E-state index < -0.39 is 5.54 Å². The number of fused-ring (bicyclic) bond motifs is 1. The van der Waals surface area contributed by atoms with Gasteiger partial charge in [0.25, 0.3) is 0 Å². The molecular formula is C14H19N3OS. The topological polar surface area (TPSA) is 78.9 Å². The van der Waals surface area contributed by atoms with E-state index in [1.54, 1.807) is 13.8 Å². The highest BCUT2D eigenvalue weighted by molar-refractivity contribution is 7.16. The van der Waals surface area contributed by atoms with Crippen molar-refractivity contribution in [3.8, 4) is 6.07 Å². The standard InChI is InChI=1S/C14H19N3OS/c1-14(2,16)13(18)17-12-10(8-15)9-6-4-3-5-7-11(9)19-12/h3-7,16H2,1-2H3,(H,17,18). The quantitative estimate of drug-likeness (QED) is 0.815. The highest BCUT2D eigenvalue weighted by Gasteiger charge is 2.26. The van der Waals surface area contributed by atoms with Crippen LogP contribution < -0.4 is 11.1 Å². The van der Waals surface area contributed by atoms with E-state index in [-0.39, 0.29) is 5.91 Å². The third kappa shape index (κ3) is 2.96. The number of amides is 1. The summed E-state index contributed by atoms with van der Waals surface area (Å²) in [5.74, 6) is -0.250. The van der Waals surface area contributed by atoms with Gasteiger partial charge in [0.2, 0.25) is 5.91 Å². The number of rotatable bonds is 2. The molecule has 1 amide bonds. The van der Waals surface area contributed by atoms with Gasteiger partial charge in [-0.3, -0.25) is 4.79 Å². The van der Waals surface area contributed by atoms with Crippen LogP contribution in [-0.4, -0.2) is 11.4 Å². The number of nitriles is 1. The van der Waals surface area contributed by atoms with Gasteiger partial charge in [0, 0.05) is 4.88 Å². The van der Waals surface area contributed by atoms with E-state index in [0.29, 0.717) is 10.6 Å². The molecule has 1 aliphatic rings. The molecule has 5 heteroatoms. The van der Waals surface area contributed by atoms with Crippen LogP contribution in [0.1, 0.15) is 49.1 Å². The van der Waals surface area contributed by atoms with E-state index in [9.17, 15) is 10.1 Å². The lowest BCUT2D eigenvalue weighted by Crippen LogP contribution is -2.45. The Hall–Kier alpha value is -1.38. The number of aryl methyl sites for hydroxylation is 1. The zero-order valence-electron chi connectivity index (χ0n) is 11.4. The first-order chi connectivity index (χ1) is 8.93. The predicted octanol–water partition coefficient (Wildman–Crippen LogP) is 2.56. The van der Waals surface area contributed by atoms with Crippen LogP contribution in [-0.2, 0) is 17.6 Å². The van der Waals surface area contributed by atoms with E-state index in [1.807, 2.05) is 0 Å². The first kappa shape index (κ1) is 14.0. The van der Waals surface area contributed by atoms with E-state index >= 15 is 0 Å². The van der Waals surface area contributed by atoms with Crippen molar-refractivity contribution in [3.63, 3.8) is 0 Å². The summed E-state index contributed by atoms with van der Waals surface area (Å²) in [6.45, 7) is 3.32. The minimum absolute atomic E-state index is 0.250. The first-order valence-corrected chi connectivity index (χ1v) is 7.40. The van der Waals surface area contributed by atoms with Crippen molar-refractivity contribution < 1.29 is 4.79 Å². The lowest BCUT2D eigenvalue weighted by atomic mass is 10.1. The molecule has 4 nitrogen and oxygen atoms in total. The van der Waals surface area contributed by atoms with Gasteiger partial charge in [-0.05, 0) is 45.1 Å². The Balaban J connectivity index is 2.32. The summed E-state index contributed by atoms with van der Waals surface area (Å²) in [5, 5.41) is 12.8. The van der Waals surface area contributed by atoms with Crippen LogP contribution in [0.15, 0.2) is 0 Å². The fourth-order valence-corrected chi connectivity index (χ4v) is 3.45. The molecule has 102 valence electrons. The Labute approximate surface area is 117 Å². The van der Waals surface area contributed by atoms with Gasteiger partial charge in [-0.25, -0.2) is 0 Å². The second-order valence-corrected chi connectivity index (χ2v) is 6.66. The number of carbonyl (C=O) groups is 1. The van der Waals surface area contributed by atoms with Crippen molar-refractivity contribution in [2.24, 2.45) is 5.73 Å². The molecule has 0 aliphatic heterocycles. The average Bonchev–Trinajstić information content (AvgIpc) is 2.50. The Morgan fingerprint density at radius 3 is 2.68 bits per heavy atom. The van der Waals surface area contributed by atoms with Crippen molar-refractivity contribution >= 4 is 22.2 Å². The molecule has 2 rings (SSSR count). The summed E-state index contributed by atoms with van der Waals surface area (Å²) < 4.78 is 0. The van der Waals surface area contributed by atoms with Gasteiger partial charge in [-0.1, -0.05) is 6.42 Å². The van der Waals surface area contributed by atoms with Crippen LogP contribution in [0.2, 0.25) is 0 Å². The minimum Gasteiger partial charge on any atom is -0.318 e. The van der Waals surface area contributed by atoms with Crippen molar-refractivity contribution in [1.82, 2.24) is 0 Å². The molecular weight excluding hydrogens is 258 g/mol. The van der Waals surface area contributed by atoms with Gasteiger partial charge in [0.05, 0.1) is 11.1 Å². The normalized spacial score (nSPS) is 15.3. The monoisotopic (exact) mass is 277 g/mol. The number of hydrogen-bond donors (Lipinski definition) is 2. The summed E-state index contributed by atoms with van der Waals surface area (Å²) in [5.41, 5.74) is 6.61. The second kappa shape index (κ2) is 5.32. The minimum atomic E-state index is -0.936. The molecule has 0 unspecified atom stereocenters. The number of nitrogens with one attached hydrogen (secondary N) is 1. The number of nitrogens with zero attached hydrogens (tertiary/aromatic N) is 1. The molecule has 0 saturated carbocycles. The van der Waals surface area contributed by atoms with Crippen molar-refractivity contribution in [2.45, 2.75) is 51.5 Å². The predicted molar refractivity (Wildman–Crippen MR) is 77.2 cm³/mol. The van der Waals surface area contributed by atoms with Crippen LogP contribution in [0.3, 0.4) is 0 Å². The fraction of sp³-hybridized carbons (Fsp3) is 0.571. The Morgan fingerprint density at radius 2 is 2.05 bits per heavy atom. The van der Waals surface area contributed by atoms with Gasteiger partial charge >= 0.3 is 0 Å². The number of nitrogens with two attached hydrogens (primary N) is 1. The molecule has 1 aromatic rings. The zero-order chi connectivity index (χ0) is 14.0. The van der Waals surface area contributed by atoms with Crippen LogP contribution in [0, 0.1) is 11.3 Å². The van der Waals surface area contributed by atoms with E-state index in [0.717, 1.165) is 31.2 Å². The summed E-state index contributed by atoms with van der Waals surface area (Å²) in [4.78, 5) is 13.2. The Kier molecular flexibility index (Phi) is 3.93. The number of thiophene rings is 1. The summed E-state index contributed by atoms with van der Waals surface area (Å²) in [6.07, 6.45) is 5.44. The number of anilines is 1. The molecule has 0 saturated heterocycles. The van der Waals surface area contributed by atoms with Gasteiger partial charge in [-0.15, -0.1) is 11.3 Å². The van der Waals surface area contributed by atoms with Crippen LogP contribution in [0.25, 0.3) is 0 Å². The van der Waals surface area contributed by atoms with E-state index in [1.165, 1.54) is 22.6 Å². The largest absolute Gasteiger partial charge is 0.318 e. The molecule has 0 aromatic carbocycles. The van der Waals surface area contributed by atoms with Crippen molar-refractivity contribution in [2.75, 3.05) is 5.32 Å². The van der Waals surface area contributed by atoms with Gasteiger partial charge in [0.1, 0.15) is 11.1 Å². The molecule has 3 N–H and O–H groups in total. The number of carbonyl (C=O) groups excluding carboxylic acids is 1. The van der Waals surface area contributed by atoms with Crippen LogP contribution >= 0.6 is 11.3 Å². The van der Waals surface area contributed by atoms with E-state index in [2.05, 4.69) is 11.4 Å². The third-order valence-electron chi connectivity index (χ3n) is 3.35. The zero-order valence-corrected chi connectivity index (χ0v) is 12.2. The van der Waals surface area contributed by atoms with Gasteiger partial charge in [-0.2, -0.15) is 5.26 Å². The molecule has 1 aliphatic carbocycles. The molecule has 0 spiro atoms. The van der Waals surface area contributed by atoms with Gasteiger partial charge in [0.15, 0.2) is 0 Å². The van der Waals surface area contributed by atoms with Gasteiger partial charge < -0.3 is 11.1 Å². The molecule has 1 heterocycles. The summed E-state index contributed by atoms with van der Waals surface area (Å²) in [7, 11) is 0. The third-order valence-corrected chi connectivity index (χ3v) is 4.55. The highest BCUT2D eigenvalue weighted by Crippen LogP contribution is 2.37. The fourth-order valence-electron chi connectivity index (χ4n) is 2.21.